The van der Waals surface area contributed by atoms with Crippen LogP contribution in [0.15, 0.2) is 0 Å². The Labute approximate surface area is 84.1 Å². The topological polar surface area (TPSA) is 26.0 Å². The van der Waals surface area contributed by atoms with Crippen LogP contribution in [0, 0.1) is 11.3 Å². The third-order valence-corrected chi connectivity index (χ3v) is 3.44. The third-order valence-electron chi connectivity index (χ3n) is 3.44. The molecule has 1 nitrogen and oxygen atoms in total. The van der Waals surface area contributed by atoms with Gasteiger partial charge in [-0.3, -0.25) is 0 Å². The fraction of sp³-hybridized carbons (Fsp3) is 1.00. The second-order valence-corrected chi connectivity index (χ2v) is 5.39. The van der Waals surface area contributed by atoms with Crippen molar-refractivity contribution < 1.29 is 0 Å². The molecule has 1 heteroatoms. The second kappa shape index (κ2) is 4.45. The summed E-state index contributed by atoms with van der Waals surface area (Å²) in [5.74, 6) is 0.727. The van der Waals surface area contributed by atoms with Gasteiger partial charge in [0.25, 0.3) is 0 Å². The first-order valence-corrected chi connectivity index (χ1v) is 5.56. The Hall–Kier alpha value is -0.0400. The standard InChI is InChI=1S/C12H27N/c1-7-12(8-2,10(3)4)9-11(5,6)13/h10H,7-9,13H2,1-6H3. The van der Waals surface area contributed by atoms with Gasteiger partial charge >= 0.3 is 0 Å². The van der Waals surface area contributed by atoms with Gasteiger partial charge in [-0.2, -0.15) is 0 Å². The predicted octanol–water partition coefficient (Wildman–Crippen LogP) is 3.58. The van der Waals surface area contributed by atoms with E-state index in [0.29, 0.717) is 5.41 Å². The third kappa shape index (κ3) is 3.68. The summed E-state index contributed by atoms with van der Waals surface area (Å²) in [4.78, 5) is 0. The Morgan fingerprint density at radius 2 is 1.46 bits per heavy atom. The summed E-state index contributed by atoms with van der Waals surface area (Å²) >= 11 is 0. The van der Waals surface area contributed by atoms with Gasteiger partial charge in [0.2, 0.25) is 0 Å². The lowest BCUT2D eigenvalue weighted by molar-refractivity contribution is 0.120. The molecular weight excluding hydrogens is 158 g/mol. The maximum atomic E-state index is 6.11. The van der Waals surface area contributed by atoms with Crippen LogP contribution in [0.25, 0.3) is 0 Å². The van der Waals surface area contributed by atoms with E-state index in [1.54, 1.807) is 0 Å². The van der Waals surface area contributed by atoms with Crippen LogP contribution in [-0.2, 0) is 0 Å². The van der Waals surface area contributed by atoms with E-state index in [0.717, 1.165) is 12.3 Å². The highest BCUT2D eigenvalue weighted by molar-refractivity contribution is 4.88. The molecule has 0 fully saturated rings. The van der Waals surface area contributed by atoms with E-state index < -0.39 is 0 Å². The summed E-state index contributed by atoms with van der Waals surface area (Å²) in [7, 11) is 0. The first-order chi connectivity index (χ1) is 5.77. The average Bonchev–Trinajstić information content (AvgIpc) is 1.98. The van der Waals surface area contributed by atoms with E-state index in [1.165, 1.54) is 12.8 Å². The molecule has 0 aromatic rings. The molecule has 0 spiro atoms. The summed E-state index contributed by atoms with van der Waals surface area (Å²) < 4.78 is 0. The minimum Gasteiger partial charge on any atom is -0.326 e. The summed E-state index contributed by atoms with van der Waals surface area (Å²) in [6, 6.07) is 0. The molecule has 0 unspecified atom stereocenters. The van der Waals surface area contributed by atoms with Crippen molar-refractivity contribution in [2.75, 3.05) is 0 Å². The molecule has 0 aliphatic carbocycles. The van der Waals surface area contributed by atoms with E-state index in [-0.39, 0.29) is 5.54 Å². The molecule has 2 N–H and O–H groups in total. The maximum Gasteiger partial charge on any atom is 0.0102 e. The minimum atomic E-state index is -0.0315. The predicted molar refractivity (Wildman–Crippen MR) is 60.7 cm³/mol. The van der Waals surface area contributed by atoms with Gasteiger partial charge in [0.1, 0.15) is 0 Å². The first kappa shape index (κ1) is 13.0. The van der Waals surface area contributed by atoms with Crippen molar-refractivity contribution in [2.45, 2.75) is 66.3 Å². The van der Waals surface area contributed by atoms with Crippen LogP contribution in [0.3, 0.4) is 0 Å². The Bertz CT molecular complexity index is 138. The average molecular weight is 185 g/mol. The van der Waals surface area contributed by atoms with Crippen molar-refractivity contribution in [2.24, 2.45) is 17.1 Å². The molecule has 0 aliphatic rings. The second-order valence-electron chi connectivity index (χ2n) is 5.39. The highest BCUT2D eigenvalue weighted by Crippen LogP contribution is 2.41. The fourth-order valence-electron chi connectivity index (χ4n) is 2.43. The Morgan fingerprint density at radius 3 is 1.54 bits per heavy atom. The molecule has 0 heterocycles. The zero-order valence-corrected chi connectivity index (χ0v) is 10.3. The van der Waals surface area contributed by atoms with Crippen LogP contribution in [0.2, 0.25) is 0 Å². The van der Waals surface area contributed by atoms with Gasteiger partial charge in [-0.1, -0.05) is 40.5 Å². The molecule has 0 atom stereocenters. The van der Waals surface area contributed by atoms with Crippen LogP contribution in [0.4, 0.5) is 0 Å². The molecule has 0 aliphatic heterocycles. The smallest absolute Gasteiger partial charge is 0.0102 e. The highest BCUT2D eigenvalue weighted by Gasteiger charge is 2.34. The Balaban J connectivity index is 4.58. The summed E-state index contributed by atoms with van der Waals surface area (Å²) in [6.07, 6.45) is 3.61. The van der Waals surface area contributed by atoms with Crippen molar-refractivity contribution in [1.29, 1.82) is 0 Å². The normalized spacial score (nSPS) is 13.8. The van der Waals surface area contributed by atoms with E-state index in [9.17, 15) is 0 Å². The van der Waals surface area contributed by atoms with Gasteiger partial charge in [-0.15, -0.1) is 0 Å². The van der Waals surface area contributed by atoms with Crippen molar-refractivity contribution in [3.05, 3.63) is 0 Å². The Kier molecular flexibility index (Phi) is 4.44. The summed E-state index contributed by atoms with van der Waals surface area (Å²) in [6.45, 7) is 13.5. The molecule has 0 bridgehead atoms. The minimum absolute atomic E-state index is 0.0315. The molecular formula is C12H27N. The van der Waals surface area contributed by atoms with Crippen molar-refractivity contribution in [3.8, 4) is 0 Å². The van der Waals surface area contributed by atoms with Crippen LogP contribution < -0.4 is 5.73 Å². The van der Waals surface area contributed by atoms with Crippen LogP contribution in [-0.4, -0.2) is 5.54 Å². The van der Waals surface area contributed by atoms with E-state index in [2.05, 4.69) is 41.5 Å². The van der Waals surface area contributed by atoms with Gasteiger partial charge in [0.15, 0.2) is 0 Å². The van der Waals surface area contributed by atoms with Crippen molar-refractivity contribution in [3.63, 3.8) is 0 Å². The van der Waals surface area contributed by atoms with E-state index in [1.807, 2.05) is 0 Å². The van der Waals surface area contributed by atoms with Crippen LogP contribution in [0.1, 0.15) is 60.8 Å². The van der Waals surface area contributed by atoms with Gasteiger partial charge in [-0.05, 0) is 31.6 Å². The monoisotopic (exact) mass is 185 g/mol. The number of nitrogens with two attached hydrogens (primary N) is 1. The lowest BCUT2D eigenvalue weighted by atomic mass is 9.66. The van der Waals surface area contributed by atoms with Crippen LogP contribution >= 0.6 is 0 Å². The molecule has 0 aromatic heterocycles. The largest absolute Gasteiger partial charge is 0.326 e. The SMILES string of the molecule is CCC(CC)(CC(C)(C)N)C(C)C. The molecule has 0 amide bonds. The number of rotatable bonds is 5. The lowest BCUT2D eigenvalue weighted by Gasteiger charge is -2.41. The Morgan fingerprint density at radius 1 is 1.08 bits per heavy atom. The van der Waals surface area contributed by atoms with E-state index in [4.69, 9.17) is 5.73 Å². The van der Waals surface area contributed by atoms with Crippen molar-refractivity contribution >= 4 is 0 Å². The van der Waals surface area contributed by atoms with Crippen molar-refractivity contribution in [1.82, 2.24) is 0 Å². The highest BCUT2D eigenvalue weighted by atomic mass is 14.7. The fourth-order valence-corrected chi connectivity index (χ4v) is 2.43. The molecule has 0 aromatic carbocycles. The maximum absolute atomic E-state index is 6.11. The quantitative estimate of drug-likeness (QED) is 0.696. The molecule has 80 valence electrons. The molecule has 0 radical (unpaired) electrons. The zero-order chi connectivity index (χ0) is 10.7. The molecule has 0 rings (SSSR count). The molecule has 13 heavy (non-hydrogen) atoms. The van der Waals surface area contributed by atoms with Crippen LogP contribution in [0.5, 0.6) is 0 Å². The number of hydrogen-bond acceptors (Lipinski definition) is 1. The van der Waals surface area contributed by atoms with Gasteiger partial charge in [-0.25, -0.2) is 0 Å². The van der Waals surface area contributed by atoms with Gasteiger partial charge in [0.05, 0.1) is 0 Å². The molecule has 0 saturated carbocycles. The summed E-state index contributed by atoms with van der Waals surface area (Å²) in [5.41, 5.74) is 6.52. The van der Waals surface area contributed by atoms with Gasteiger partial charge < -0.3 is 5.73 Å². The molecule has 0 saturated heterocycles. The zero-order valence-electron chi connectivity index (χ0n) is 10.3. The van der Waals surface area contributed by atoms with Gasteiger partial charge in [0, 0.05) is 5.54 Å². The number of hydrogen-bond donors (Lipinski definition) is 1. The lowest BCUT2D eigenvalue weighted by Crippen LogP contribution is -2.41. The summed E-state index contributed by atoms with van der Waals surface area (Å²) in [5, 5.41) is 0. The van der Waals surface area contributed by atoms with E-state index >= 15 is 0 Å². The first-order valence-electron chi connectivity index (χ1n) is 5.56.